The second-order valence-corrected chi connectivity index (χ2v) is 6.20. The zero-order valence-corrected chi connectivity index (χ0v) is 14.2. The highest BCUT2D eigenvalue weighted by Crippen LogP contribution is 2.22. The molecule has 0 atom stereocenters. The Hall–Kier alpha value is -2.04. The van der Waals surface area contributed by atoms with Crippen LogP contribution in [0.15, 0.2) is 24.3 Å². The van der Waals surface area contributed by atoms with Crippen LogP contribution in [0.5, 0.6) is 5.75 Å². The molecule has 0 radical (unpaired) electrons. The number of ether oxygens (including phenoxy) is 1. The number of nitrogens with one attached hydrogen (secondary N) is 1. The van der Waals surface area contributed by atoms with Crippen molar-refractivity contribution in [3.8, 4) is 5.75 Å². The second kappa shape index (κ2) is 7.99. The Balaban J connectivity index is 1.84. The largest absolute Gasteiger partial charge is 0.494 e. The van der Waals surface area contributed by atoms with Crippen LogP contribution in [0, 0.1) is 11.8 Å². The van der Waals surface area contributed by atoms with E-state index in [1.807, 2.05) is 49.9 Å². The van der Waals surface area contributed by atoms with E-state index in [1.165, 1.54) is 0 Å². The van der Waals surface area contributed by atoms with E-state index in [-0.39, 0.29) is 23.7 Å². The molecule has 0 aromatic heterocycles. The lowest BCUT2D eigenvalue weighted by Gasteiger charge is -2.32. The van der Waals surface area contributed by atoms with Gasteiger partial charge in [0.15, 0.2) is 0 Å². The molecule has 1 fully saturated rings. The van der Waals surface area contributed by atoms with E-state index < -0.39 is 0 Å². The molecule has 1 N–H and O–H groups in total. The standard InChI is InChI=1S/C18H26N2O3/c1-4-23-16-7-5-15(6-8-16)19-17(21)14-9-11-20(12-10-14)18(22)13(2)3/h5-8,13-14H,4,9-12H2,1-3H3,(H,19,21). The van der Waals surface area contributed by atoms with Gasteiger partial charge in [-0.1, -0.05) is 13.8 Å². The SMILES string of the molecule is CCOc1ccc(NC(=O)C2CCN(C(=O)C(C)C)CC2)cc1. The normalized spacial score (nSPS) is 15.6. The van der Waals surface area contributed by atoms with Gasteiger partial charge in [0.1, 0.15) is 5.75 Å². The molecule has 1 aliphatic heterocycles. The number of benzene rings is 1. The van der Waals surface area contributed by atoms with Crippen LogP contribution in [-0.2, 0) is 9.59 Å². The first-order chi connectivity index (χ1) is 11.0. The van der Waals surface area contributed by atoms with Crippen LogP contribution in [-0.4, -0.2) is 36.4 Å². The fraction of sp³-hybridized carbons (Fsp3) is 0.556. The van der Waals surface area contributed by atoms with Gasteiger partial charge in [-0.15, -0.1) is 0 Å². The van der Waals surface area contributed by atoms with Crippen LogP contribution in [0.2, 0.25) is 0 Å². The van der Waals surface area contributed by atoms with Crippen molar-refractivity contribution in [3.05, 3.63) is 24.3 Å². The second-order valence-electron chi connectivity index (χ2n) is 6.20. The topological polar surface area (TPSA) is 58.6 Å². The summed E-state index contributed by atoms with van der Waals surface area (Å²) in [6.07, 6.45) is 1.45. The van der Waals surface area contributed by atoms with Gasteiger partial charge in [0.2, 0.25) is 11.8 Å². The number of carbonyl (C=O) groups excluding carboxylic acids is 2. The summed E-state index contributed by atoms with van der Waals surface area (Å²) >= 11 is 0. The van der Waals surface area contributed by atoms with Gasteiger partial charge in [-0.3, -0.25) is 9.59 Å². The molecule has 23 heavy (non-hydrogen) atoms. The highest BCUT2D eigenvalue weighted by Gasteiger charge is 2.28. The van der Waals surface area contributed by atoms with Gasteiger partial charge < -0.3 is 15.0 Å². The minimum Gasteiger partial charge on any atom is -0.494 e. The van der Waals surface area contributed by atoms with Crippen LogP contribution in [0.3, 0.4) is 0 Å². The summed E-state index contributed by atoms with van der Waals surface area (Å²) in [7, 11) is 0. The van der Waals surface area contributed by atoms with Crippen molar-refractivity contribution >= 4 is 17.5 Å². The third-order valence-corrected chi connectivity index (χ3v) is 4.10. The Morgan fingerprint density at radius 3 is 2.35 bits per heavy atom. The van der Waals surface area contributed by atoms with Gasteiger partial charge in [0.25, 0.3) is 0 Å². The third kappa shape index (κ3) is 4.71. The van der Waals surface area contributed by atoms with Gasteiger partial charge in [-0.05, 0) is 44.0 Å². The zero-order valence-electron chi connectivity index (χ0n) is 14.2. The van der Waals surface area contributed by atoms with Crippen LogP contribution in [0.25, 0.3) is 0 Å². The fourth-order valence-corrected chi connectivity index (χ4v) is 2.77. The predicted molar refractivity (Wildman–Crippen MR) is 90.4 cm³/mol. The number of hydrogen-bond acceptors (Lipinski definition) is 3. The fourth-order valence-electron chi connectivity index (χ4n) is 2.77. The van der Waals surface area contributed by atoms with E-state index in [4.69, 9.17) is 4.74 Å². The highest BCUT2D eigenvalue weighted by molar-refractivity contribution is 5.92. The number of nitrogens with zero attached hydrogens (tertiary/aromatic N) is 1. The summed E-state index contributed by atoms with van der Waals surface area (Å²) in [5.41, 5.74) is 0.777. The smallest absolute Gasteiger partial charge is 0.227 e. The van der Waals surface area contributed by atoms with E-state index in [9.17, 15) is 9.59 Å². The average molecular weight is 318 g/mol. The lowest BCUT2D eigenvalue weighted by Crippen LogP contribution is -2.43. The van der Waals surface area contributed by atoms with Crippen LogP contribution in [0.1, 0.15) is 33.6 Å². The minimum atomic E-state index is -0.0298. The summed E-state index contributed by atoms with van der Waals surface area (Å²) in [5.74, 6) is 0.995. The molecule has 126 valence electrons. The molecule has 1 aromatic rings. The van der Waals surface area contributed by atoms with Gasteiger partial charge >= 0.3 is 0 Å². The minimum absolute atomic E-state index is 0.0178. The summed E-state index contributed by atoms with van der Waals surface area (Å²) in [6.45, 7) is 7.71. The first kappa shape index (κ1) is 17.3. The Labute approximate surface area is 138 Å². The van der Waals surface area contributed by atoms with Gasteiger partial charge in [0.05, 0.1) is 6.61 Å². The van der Waals surface area contributed by atoms with Gasteiger partial charge in [0, 0.05) is 30.6 Å². The molecule has 1 saturated heterocycles. The van der Waals surface area contributed by atoms with Crippen LogP contribution in [0.4, 0.5) is 5.69 Å². The molecule has 0 spiro atoms. The third-order valence-electron chi connectivity index (χ3n) is 4.10. The van der Waals surface area contributed by atoms with Crippen molar-refractivity contribution in [1.82, 2.24) is 4.90 Å². The van der Waals surface area contributed by atoms with E-state index in [1.54, 1.807) is 0 Å². The molecule has 1 aliphatic rings. The first-order valence-electron chi connectivity index (χ1n) is 8.33. The van der Waals surface area contributed by atoms with Crippen LogP contribution >= 0.6 is 0 Å². The van der Waals surface area contributed by atoms with E-state index >= 15 is 0 Å². The summed E-state index contributed by atoms with van der Waals surface area (Å²) in [6, 6.07) is 7.40. The average Bonchev–Trinajstić information content (AvgIpc) is 2.56. The Kier molecular flexibility index (Phi) is 6.02. The van der Waals surface area contributed by atoms with Crippen molar-refractivity contribution in [3.63, 3.8) is 0 Å². The maximum Gasteiger partial charge on any atom is 0.227 e. The van der Waals surface area contributed by atoms with Gasteiger partial charge in [-0.25, -0.2) is 0 Å². The molecule has 0 bridgehead atoms. The molecule has 0 aliphatic carbocycles. The number of likely N-dealkylation sites (tertiary alicyclic amines) is 1. The van der Waals surface area contributed by atoms with Crippen molar-refractivity contribution in [2.45, 2.75) is 33.6 Å². The molecule has 5 nitrogen and oxygen atoms in total. The zero-order chi connectivity index (χ0) is 16.8. The Bertz CT molecular complexity index is 532. The lowest BCUT2D eigenvalue weighted by atomic mass is 9.95. The Morgan fingerprint density at radius 2 is 1.83 bits per heavy atom. The molecule has 2 amide bonds. The molecular formula is C18H26N2O3. The molecule has 2 rings (SSSR count). The Morgan fingerprint density at radius 1 is 1.22 bits per heavy atom. The molecule has 1 aromatic carbocycles. The number of carbonyl (C=O) groups is 2. The monoisotopic (exact) mass is 318 g/mol. The van der Waals surface area contributed by atoms with E-state index in [0.717, 1.165) is 24.3 Å². The van der Waals surface area contributed by atoms with E-state index in [0.29, 0.717) is 19.7 Å². The number of amides is 2. The van der Waals surface area contributed by atoms with Crippen molar-refractivity contribution in [1.29, 1.82) is 0 Å². The maximum atomic E-state index is 12.3. The van der Waals surface area contributed by atoms with Crippen molar-refractivity contribution in [2.75, 3.05) is 25.0 Å². The molecule has 0 unspecified atom stereocenters. The highest BCUT2D eigenvalue weighted by atomic mass is 16.5. The van der Waals surface area contributed by atoms with E-state index in [2.05, 4.69) is 5.32 Å². The molecule has 1 heterocycles. The number of piperidine rings is 1. The van der Waals surface area contributed by atoms with Crippen molar-refractivity contribution in [2.24, 2.45) is 11.8 Å². The number of anilines is 1. The summed E-state index contributed by atoms with van der Waals surface area (Å²) in [4.78, 5) is 26.2. The number of hydrogen-bond donors (Lipinski definition) is 1. The van der Waals surface area contributed by atoms with Crippen LogP contribution < -0.4 is 10.1 Å². The lowest BCUT2D eigenvalue weighted by molar-refractivity contribution is -0.137. The molecular weight excluding hydrogens is 292 g/mol. The molecule has 0 saturated carbocycles. The maximum absolute atomic E-state index is 12.3. The first-order valence-corrected chi connectivity index (χ1v) is 8.33. The predicted octanol–water partition coefficient (Wildman–Crippen LogP) is 2.92. The summed E-state index contributed by atoms with van der Waals surface area (Å²) < 4.78 is 5.39. The quantitative estimate of drug-likeness (QED) is 0.908. The van der Waals surface area contributed by atoms with Crippen molar-refractivity contribution < 1.29 is 14.3 Å². The summed E-state index contributed by atoms with van der Waals surface area (Å²) in [5, 5.41) is 2.95. The number of rotatable bonds is 5. The molecule has 5 heteroatoms. The van der Waals surface area contributed by atoms with Gasteiger partial charge in [-0.2, -0.15) is 0 Å².